The Balaban J connectivity index is 3.13. The molecule has 0 aliphatic rings. The highest BCUT2D eigenvalue weighted by Crippen LogP contribution is 2.15. The predicted molar refractivity (Wildman–Crippen MR) is 50.8 cm³/mol. The minimum absolute atomic E-state index is 0.217. The highest BCUT2D eigenvalue weighted by molar-refractivity contribution is 6.20. The molecule has 1 aromatic rings. The first-order valence-corrected chi connectivity index (χ1v) is 4.01. The van der Waals surface area contributed by atoms with Gasteiger partial charge in [-0.1, -0.05) is 30.3 Å². The van der Waals surface area contributed by atoms with E-state index < -0.39 is 11.9 Å². The Kier molecular flexibility index (Phi) is 3.59. The van der Waals surface area contributed by atoms with E-state index in [1.54, 1.807) is 18.2 Å². The Morgan fingerprint density at radius 1 is 1.20 bits per heavy atom. The van der Waals surface area contributed by atoms with E-state index in [1.165, 1.54) is 12.1 Å². The molecule has 0 spiro atoms. The molecule has 0 saturated carbocycles. The summed E-state index contributed by atoms with van der Waals surface area (Å²) < 4.78 is 0. The van der Waals surface area contributed by atoms with Crippen molar-refractivity contribution in [1.29, 1.82) is 0 Å². The van der Waals surface area contributed by atoms with Crippen molar-refractivity contribution in [3.8, 4) is 0 Å². The van der Waals surface area contributed by atoms with Crippen LogP contribution in [0.4, 0.5) is 0 Å². The summed E-state index contributed by atoms with van der Waals surface area (Å²) >= 11 is 0. The van der Waals surface area contributed by atoms with Gasteiger partial charge in [-0.25, -0.2) is 9.59 Å². The average molecular weight is 208 g/mol. The van der Waals surface area contributed by atoms with Gasteiger partial charge in [-0.15, -0.1) is 0 Å². The molecular formula is C10H8O5. The highest BCUT2D eigenvalue weighted by Gasteiger charge is 2.14. The van der Waals surface area contributed by atoms with Crippen molar-refractivity contribution in [1.82, 2.24) is 0 Å². The van der Waals surface area contributed by atoms with E-state index in [1.807, 2.05) is 0 Å². The highest BCUT2D eigenvalue weighted by atomic mass is 17.1. The first-order chi connectivity index (χ1) is 7.15. The quantitative estimate of drug-likeness (QED) is 0.442. The number of carboxylic acid groups (broad SMARTS) is 1. The lowest BCUT2D eigenvalue weighted by molar-refractivity contribution is -0.226. The van der Waals surface area contributed by atoms with Gasteiger partial charge in [-0.3, -0.25) is 4.89 Å². The molecule has 0 bridgehead atoms. The van der Waals surface area contributed by atoms with Crippen LogP contribution in [0.25, 0.3) is 5.57 Å². The number of benzene rings is 1. The zero-order chi connectivity index (χ0) is 11.3. The largest absolute Gasteiger partial charge is 0.478 e. The average Bonchev–Trinajstić information content (AvgIpc) is 2.26. The molecule has 1 rings (SSSR count). The van der Waals surface area contributed by atoms with Crippen molar-refractivity contribution in [2.45, 2.75) is 0 Å². The molecule has 0 saturated heterocycles. The van der Waals surface area contributed by atoms with Crippen LogP contribution >= 0.6 is 0 Å². The van der Waals surface area contributed by atoms with Crippen molar-refractivity contribution in [3.63, 3.8) is 0 Å². The predicted octanol–water partition coefficient (Wildman–Crippen LogP) is 1.17. The zero-order valence-electron chi connectivity index (χ0n) is 7.58. The topological polar surface area (TPSA) is 83.8 Å². The van der Waals surface area contributed by atoms with Gasteiger partial charge in [0.15, 0.2) is 0 Å². The first-order valence-electron chi connectivity index (χ1n) is 4.01. The second kappa shape index (κ2) is 4.92. The fourth-order valence-electron chi connectivity index (χ4n) is 1.05. The number of aliphatic carboxylic acids is 1. The van der Waals surface area contributed by atoms with Crippen LogP contribution in [0.2, 0.25) is 0 Å². The Morgan fingerprint density at radius 2 is 1.80 bits per heavy atom. The molecule has 0 radical (unpaired) electrons. The lowest BCUT2D eigenvalue weighted by Gasteiger charge is -2.02. The van der Waals surface area contributed by atoms with Gasteiger partial charge in [0, 0.05) is 6.08 Å². The van der Waals surface area contributed by atoms with Crippen molar-refractivity contribution in [2.75, 3.05) is 0 Å². The second-order valence-corrected chi connectivity index (χ2v) is 2.64. The third-order valence-corrected chi connectivity index (χ3v) is 1.66. The number of rotatable bonds is 3. The normalized spacial score (nSPS) is 10.9. The van der Waals surface area contributed by atoms with Gasteiger partial charge in [0.05, 0.1) is 5.57 Å². The van der Waals surface area contributed by atoms with Gasteiger partial charge in [0.25, 0.3) is 0 Å². The van der Waals surface area contributed by atoms with Gasteiger partial charge in [0.1, 0.15) is 0 Å². The van der Waals surface area contributed by atoms with E-state index in [-0.39, 0.29) is 5.57 Å². The number of hydrogen-bond acceptors (Lipinski definition) is 4. The number of carbonyl (C=O) groups excluding carboxylic acids is 1. The molecule has 5 nitrogen and oxygen atoms in total. The van der Waals surface area contributed by atoms with Crippen LogP contribution in [0.3, 0.4) is 0 Å². The molecule has 0 heterocycles. The monoisotopic (exact) mass is 208 g/mol. The van der Waals surface area contributed by atoms with E-state index in [4.69, 9.17) is 10.4 Å². The Bertz CT molecular complexity index is 394. The van der Waals surface area contributed by atoms with Crippen LogP contribution in [0.1, 0.15) is 5.56 Å². The second-order valence-electron chi connectivity index (χ2n) is 2.64. The summed E-state index contributed by atoms with van der Waals surface area (Å²) in [5.41, 5.74) is 0.143. The van der Waals surface area contributed by atoms with Crippen LogP contribution in [0.5, 0.6) is 0 Å². The van der Waals surface area contributed by atoms with Crippen LogP contribution in [0, 0.1) is 0 Å². The minimum atomic E-state index is -1.29. The lowest BCUT2D eigenvalue weighted by atomic mass is 10.1. The maximum atomic E-state index is 11.0. The molecule has 2 N–H and O–H groups in total. The molecule has 15 heavy (non-hydrogen) atoms. The fourth-order valence-corrected chi connectivity index (χ4v) is 1.05. The summed E-state index contributed by atoms with van der Waals surface area (Å²) in [6, 6.07) is 8.05. The molecular weight excluding hydrogens is 200 g/mol. The standard InChI is InChI=1S/C10H8O5/c11-9(12)6-8(10(13)15-14)7-4-2-1-3-5-7/h1-6,14H,(H,11,12). The van der Waals surface area contributed by atoms with Gasteiger partial charge >= 0.3 is 11.9 Å². The van der Waals surface area contributed by atoms with E-state index >= 15 is 0 Å². The molecule has 5 heteroatoms. The van der Waals surface area contributed by atoms with Crippen LogP contribution in [-0.4, -0.2) is 22.3 Å². The van der Waals surface area contributed by atoms with E-state index in [0.29, 0.717) is 11.6 Å². The summed E-state index contributed by atoms with van der Waals surface area (Å²) in [6.45, 7) is 0. The summed E-state index contributed by atoms with van der Waals surface area (Å²) in [4.78, 5) is 25.0. The number of carboxylic acids is 1. The van der Waals surface area contributed by atoms with Gasteiger partial charge < -0.3 is 5.11 Å². The van der Waals surface area contributed by atoms with Crippen molar-refractivity contribution in [2.24, 2.45) is 0 Å². The van der Waals surface area contributed by atoms with Crippen molar-refractivity contribution in [3.05, 3.63) is 42.0 Å². The molecule has 0 unspecified atom stereocenters. The number of carbonyl (C=O) groups is 2. The van der Waals surface area contributed by atoms with Crippen molar-refractivity contribution < 1.29 is 24.8 Å². The van der Waals surface area contributed by atoms with Crippen LogP contribution in [0.15, 0.2) is 36.4 Å². The maximum Gasteiger partial charge on any atom is 0.373 e. The minimum Gasteiger partial charge on any atom is -0.478 e. The van der Waals surface area contributed by atoms with Crippen LogP contribution < -0.4 is 0 Å². The maximum absolute atomic E-state index is 11.0. The fraction of sp³-hybridized carbons (Fsp3) is 0. The summed E-state index contributed by atoms with van der Waals surface area (Å²) in [5, 5.41) is 16.7. The van der Waals surface area contributed by atoms with Gasteiger partial charge in [-0.05, 0) is 5.56 Å². The molecule has 0 fully saturated rings. The third-order valence-electron chi connectivity index (χ3n) is 1.66. The lowest BCUT2D eigenvalue weighted by Crippen LogP contribution is -2.06. The van der Waals surface area contributed by atoms with E-state index in [0.717, 1.165) is 0 Å². The number of hydrogen-bond donors (Lipinski definition) is 2. The summed E-state index contributed by atoms with van der Waals surface area (Å²) in [7, 11) is 0. The Morgan fingerprint density at radius 3 is 2.27 bits per heavy atom. The van der Waals surface area contributed by atoms with E-state index in [9.17, 15) is 9.59 Å². The van der Waals surface area contributed by atoms with Crippen LogP contribution in [-0.2, 0) is 14.5 Å². The molecule has 78 valence electrons. The van der Waals surface area contributed by atoms with Gasteiger partial charge in [-0.2, -0.15) is 5.26 Å². The Labute approximate surface area is 85.2 Å². The summed E-state index contributed by atoms with van der Waals surface area (Å²) in [5.74, 6) is -2.40. The SMILES string of the molecule is O=C(O)C=C(C(=O)OO)c1ccccc1. The molecule has 0 atom stereocenters. The third kappa shape index (κ3) is 2.92. The molecule has 0 aliphatic carbocycles. The summed E-state index contributed by atoms with van der Waals surface area (Å²) in [6.07, 6.45) is 0.674. The van der Waals surface area contributed by atoms with Gasteiger partial charge in [0.2, 0.25) is 0 Å². The first kappa shape index (κ1) is 10.9. The Hall–Kier alpha value is -2.14. The molecule has 0 aliphatic heterocycles. The van der Waals surface area contributed by atoms with E-state index in [2.05, 4.69) is 4.89 Å². The van der Waals surface area contributed by atoms with Crippen molar-refractivity contribution >= 4 is 17.5 Å². The molecule has 1 aromatic carbocycles. The smallest absolute Gasteiger partial charge is 0.373 e. The molecule has 0 aromatic heterocycles. The zero-order valence-corrected chi connectivity index (χ0v) is 7.58. The molecule has 0 amide bonds.